The monoisotopic (exact) mass is 423 g/mol. The maximum atomic E-state index is 13.7. The molecule has 2 N–H and O–H groups in total. The van der Waals surface area contributed by atoms with Crippen LogP contribution in [0.3, 0.4) is 0 Å². The summed E-state index contributed by atoms with van der Waals surface area (Å²) in [6, 6.07) is 1.15. The summed E-state index contributed by atoms with van der Waals surface area (Å²) in [5.74, 6) is -2.80. The van der Waals surface area contributed by atoms with Crippen LogP contribution in [0, 0.1) is 18.6 Å². The van der Waals surface area contributed by atoms with Crippen molar-refractivity contribution < 1.29 is 23.4 Å². The third kappa shape index (κ3) is 4.14. The van der Waals surface area contributed by atoms with E-state index in [9.17, 15) is 23.5 Å². The lowest BCUT2D eigenvalue weighted by molar-refractivity contribution is -0.137. The van der Waals surface area contributed by atoms with E-state index in [2.05, 4.69) is 10.3 Å². The molecule has 0 radical (unpaired) electrons. The van der Waals surface area contributed by atoms with Gasteiger partial charge in [-0.05, 0) is 25.5 Å². The van der Waals surface area contributed by atoms with Crippen LogP contribution in [-0.2, 0) is 11.4 Å². The number of allylic oxidation sites excluding steroid dienone is 2. The van der Waals surface area contributed by atoms with Crippen LogP contribution in [0.5, 0.6) is 5.75 Å². The van der Waals surface area contributed by atoms with Crippen LogP contribution in [0.1, 0.15) is 18.3 Å². The Morgan fingerprint density at radius 3 is 2.76 bits per heavy atom. The molecule has 2 aromatic rings. The summed E-state index contributed by atoms with van der Waals surface area (Å²) >= 11 is 6.16. The Labute approximate surface area is 168 Å². The summed E-state index contributed by atoms with van der Waals surface area (Å²) in [6.45, 7) is 2.97. The highest BCUT2D eigenvalue weighted by molar-refractivity contribution is 6.31. The number of carbonyl (C=O) groups is 1. The molecule has 1 aliphatic heterocycles. The molecule has 2 aromatic heterocycles. The molecular formula is C19H16ClF2N3O4. The van der Waals surface area contributed by atoms with Crippen LogP contribution in [0.25, 0.3) is 5.70 Å². The second-order valence-electron chi connectivity index (χ2n) is 6.34. The first-order valence-electron chi connectivity index (χ1n) is 8.42. The van der Waals surface area contributed by atoms with Gasteiger partial charge in [-0.15, -0.1) is 0 Å². The van der Waals surface area contributed by atoms with E-state index >= 15 is 0 Å². The van der Waals surface area contributed by atoms with E-state index in [4.69, 9.17) is 16.3 Å². The van der Waals surface area contributed by atoms with Gasteiger partial charge in [0.15, 0.2) is 5.82 Å². The Balaban J connectivity index is 1.95. The maximum absolute atomic E-state index is 13.7. The number of aryl methyl sites for hydroxylation is 1. The van der Waals surface area contributed by atoms with E-state index in [1.807, 2.05) is 0 Å². The molecule has 0 amide bonds. The highest BCUT2D eigenvalue weighted by atomic mass is 35.5. The molecule has 1 aliphatic rings. The van der Waals surface area contributed by atoms with Gasteiger partial charge in [-0.2, -0.15) is 0 Å². The van der Waals surface area contributed by atoms with Crippen LogP contribution in [0.15, 0.2) is 41.0 Å². The van der Waals surface area contributed by atoms with Gasteiger partial charge < -0.3 is 15.2 Å². The number of nitrogens with zero attached hydrogens (tertiary/aromatic N) is 2. The van der Waals surface area contributed by atoms with Gasteiger partial charge in [0.1, 0.15) is 34.9 Å². The predicted molar refractivity (Wildman–Crippen MR) is 102 cm³/mol. The second-order valence-corrected chi connectivity index (χ2v) is 6.72. The first-order valence-corrected chi connectivity index (χ1v) is 8.80. The molecule has 0 aromatic carbocycles. The van der Waals surface area contributed by atoms with Crippen LogP contribution < -0.4 is 15.6 Å². The van der Waals surface area contributed by atoms with Gasteiger partial charge in [0, 0.05) is 24.0 Å². The quantitative estimate of drug-likeness (QED) is 0.768. The van der Waals surface area contributed by atoms with Gasteiger partial charge in [0.2, 0.25) is 0 Å². The van der Waals surface area contributed by atoms with Gasteiger partial charge in [-0.25, -0.2) is 13.6 Å². The number of hydrogen-bond acceptors (Lipinski definition) is 5. The van der Waals surface area contributed by atoms with Crippen molar-refractivity contribution in [3.8, 4) is 5.75 Å². The molecule has 3 heterocycles. The zero-order valence-corrected chi connectivity index (χ0v) is 16.1. The lowest BCUT2D eigenvalue weighted by Gasteiger charge is -2.23. The minimum Gasteiger partial charge on any atom is -0.485 e. The van der Waals surface area contributed by atoms with E-state index in [0.29, 0.717) is 23.0 Å². The smallest absolute Gasteiger partial charge is 0.330 e. The van der Waals surface area contributed by atoms with E-state index < -0.39 is 29.2 Å². The highest BCUT2D eigenvalue weighted by Crippen LogP contribution is 2.27. The first-order chi connectivity index (χ1) is 13.7. The minimum absolute atomic E-state index is 0.00175. The molecular weight excluding hydrogens is 408 g/mol. The zero-order valence-electron chi connectivity index (χ0n) is 15.4. The average molecular weight is 424 g/mol. The van der Waals surface area contributed by atoms with Gasteiger partial charge in [0.05, 0.1) is 11.9 Å². The third-order valence-electron chi connectivity index (χ3n) is 4.26. The predicted octanol–water partition coefficient (Wildman–Crippen LogP) is 2.86. The fraction of sp³-hybridized carbons (Fsp3) is 0.211. The zero-order chi connectivity index (χ0) is 21.3. The molecule has 0 saturated heterocycles. The number of carboxylic acid groups (broad SMARTS) is 1. The standard InChI is InChI=1S/C19H16ClF2N3O4/c1-9-6-23-13(19(27)28)5-15(9)25-10(2)3-16(17(20)18(25)26)29-8-14-12(22)4-11(21)7-24-14/h3-7,13,23H,8H2,1-2H3,(H,27,28)/t13-/m1/s1. The van der Waals surface area contributed by atoms with Crippen molar-refractivity contribution in [2.45, 2.75) is 26.5 Å². The van der Waals surface area contributed by atoms with Crippen molar-refractivity contribution in [2.75, 3.05) is 0 Å². The number of halogens is 3. The number of pyridine rings is 2. The topological polar surface area (TPSA) is 93.4 Å². The Hall–Kier alpha value is -3.20. The average Bonchev–Trinajstić information content (AvgIpc) is 2.66. The van der Waals surface area contributed by atoms with Gasteiger partial charge in [-0.3, -0.25) is 14.3 Å². The van der Waals surface area contributed by atoms with E-state index in [0.717, 1.165) is 6.20 Å². The summed E-state index contributed by atoms with van der Waals surface area (Å²) in [5, 5.41) is 11.6. The fourth-order valence-electron chi connectivity index (χ4n) is 2.80. The molecule has 29 heavy (non-hydrogen) atoms. The number of rotatable bonds is 5. The normalized spacial score (nSPS) is 16.0. The van der Waals surface area contributed by atoms with E-state index in [1.165, 1.54) is 22.9 Å². The van der Waals surface area contributed by atoms with Gasteiger partial charge in [-0.1, -0.05) is 11.6 Å². The lowest BCUT2D eigenvalue weighted by atomic mass is 10.1. The highest BCUT2D eigenvalue weighted by Gasteiger charge is 2.23. The molecule has 3 rings (SSSR count). The van der Waals surface area contributed by atoms with E-state index in [-0.39, 0.29) is 23.1 Å². The Morgan fingerprint density at radius 1 is 1.38 bits per heavy atom. The molecule has 0 fully saturated rings. The molecule has 0 spiro atoms. The van der Waals surface area contributed by atoms with Crippen LogP contribution in [-0.4, -0.2) is 26.7 Å². The summed E-state index contributed by atoms with van der Waals surface area (Å²) < 4.78 is 33.4. The number of dihydropyridines is 1. The van der Waals surface area contributed by atoms with Crippen molar-refractivity contribution in [2.24, 2.45) is 0 Å². The van der Waals surface area contributed by atoms with Crippen molar-refractivity contribution in [1.29, 1.82) is 0 Å². The summed E-state index contributed by atoms with van der Waals surface area (Å²) in [5.41, 5.74) is 0.660. The number of aromatic nitrogens is 2. The SMILES string of the molecule is CC1=CN[C@@H](C(=O)O)C=C1n1c(C)cc(OCc2ncc(F)cc2F)c(Cl)c1=O. The van der Waals surface area contributed by atoms with Gasteiger partial charge in [0.25, 0.3) is 5.56 Å². The lowest BCUT2D eigenvalue weighted by Crippen LogP contribution is -2.36. The number of nitrogens with one attached hydrogen (secondary N) is 1. The van der Waals surface area contributed by atoms with Crippen LogP contribution in [0.2, 0.25) is 5.02 Å². The van der Waals surface area contributed by atoms with Crippen molar-refractivity contribution >= 4 is 23.3 Å². The Kier molecular flexibility index (Phi) is 5.69. The largest absolute Gasteiger partial charge is 0.485 e. The number of hydrogen-bond donors (Lipinski definition) is 2. The number of aliphatic carboxylic acids is 1. The van der Waals surface area contributed by atoms with Crippen LogP contribution >= 0.6 is 11.6 Å². The molecule has 7 nitrogen and oxygen atoms in total. The van der Waals surface area contributed by atoms with Crippen molar-refractivity contribution in [1.82, 2.24) is 14.9 Å². The van der Waals surface area contributed by atoms with Crippen LogP contribution in [0.4, 0.5) is 8.78 Å². The first kappa shape index (κ1) is 20.5. The van der Waals surface area contributed by atoms with Crippen molar-refractivity contribution in [3.63, 3.8) is 0 Å². The molecule has 1 atom stereocenters. The summed E-state index contributed by atoms with van der Waals surface area (Å²) in [6.07, 6.45) is 3.76. The molecule has 152 valence electrons. The molecule has 0 bridgehead atoms. The summed E-state index contributed by atoms with van der Waals surface area (Å²) in [7, 11) is 0. The number of carboxylic acids is 1. The van der Waals surface area contributed by atoms with Gasteiger partial charge >= 0.3 is 5.97 Å². The molecule has 0 aliphatic carbocycles. The Bertz CT molecular complexity index is 1110. The minimum atomic E-state index is -1.10. The maximum Gasteiger partial charge on any atom is 0.330 e. The van der Waals surface area contributed by atoms with Crippen molar-refractivity contribution in [3.05, 3.63) is 74.6 Å². The number of ether oxygens (including phenoxy) is 1. The van der Waals surface area contributed by atoms with E-state index in [1.54, 1.807) is 13.8 Å². The molecule has 10 heteroatoms. The second kappa shape index (κ2) is 8.04. The molecule has 0 unspecified atom stereocenters. The third-order valence-corrected chi connectivity index (χ3v) is 4.61. The molecule has 0 saturated carbocycles. The fourth-order valence-corrected chi connectivity index (χ4v) is 2.99. The summed E-state index contributed by atoms with van der Waals surface area (Å²) in [4.78, 5) is 27.7. The Morgan fingerprint density at radius 2 is 2.10 bits per heavy atom.